The van der Waals surface area contributed by atoms with Gasteiger partial charge in [0.15, 0.2) is 0 Å². The molecule has 0 aromatic rings. The van der Waals surface area contributed by atoms with Gasteiger partial charge in [0, 0.05) is 19.1 Å². The number of piperazine rings is 1. The lowest BCUT2D eigenvalue weighted by atomic mass is 9.99. The number of carboxylic acids is 1. The topological polar surface area (TPSA) is 69.6 Å². The molecule has 0 bridgehead atoms. The van der Waals surface area contributed by atoms with Crippen molar-refractivity contribution in [2.24, 2.45) is 5.92 Å². The normalized spacial score (nSPS) is 33.5. The third-order valence-electron chi connectivity index (χ3n) is 4.44. The van der Waals surface area contributed by atoms with E-state index >= 15 is 0 Å². The van der Waals surface area contributed by atoms with E-state index < -0.39 is 12.0 Å². The Morgan fingerprint density at radius 2 is 2.16 bits per heavy atom. The number of nitrogens with zero attached hydrogens (tertiary/aromatic N) is 1. The second-order valence-corrected chi connectivity index (χ2v) is 5.91. The number of carboxylic acid groups (broad SMARTS) is 1. The Bertz CT molecular complexity index is 346. The van der Waals surface area contributed by atoms with Crippen LogP contribution in [0.2, 0.25) is 0 Å². The van der Waals surface area contributed by atoms with Gasteiger partial charge in [-0.05, 0) is 25.2 Å². The first-order valence-electron chi connectivity index (χ1n) is 7.33. The largest absolute Gasteiger partial charge is 0.481 e. The van der Waals surface area contributed by atoms with E-state index in [1.807, 2.05) is 0 Å². The van der Waals surface area contributed by atoms with Gasteiger partial charge >= 0.3 is 5.97 Å². The maximum absolute atomic E-state index is 11.9. The molecular weight excluding hydrogens is 244 g/mol. The monoisotopic (exact) mass is 268 g/mol. The summed E-state index contributed by atoms with van der Waals surface area (Å²) in [7, 11) is 0. The average Bonchev–Trinajstić information content (AvgIpc) is 2.56. The van der Waals surface area contributed by atoms with Gasteiger partial charge in [-0.3, -0.25) is 14.5 Å². The highest BCUT2D eigenvalue weighted by molar-refractivity contribution is 5.86. The molecule has 2 N–H and O–H groups in total. The summed E-state index contributed by atoms with van der Waals surface area (Å²) in [6.07, 6.45) is 5.71. The SMILES string of the molecule is CC1CCCC(N2CCNC(=O)C2CC(=O)O)CC1. The Labute approximate surface area is 114 Å². The molecule has 1 heterocycles. The van der Waals surface area contributed by atoms with E-state index in [0.29, 0.717) is 12.6 Å². The predicted molar refractivity (Wildman–Crippen MR) is 71.8 cm³/mol. The van der Waals surface area contributed by atoms with Crippen molar-refractivity contribution >= 4 is 11.9 Å². The summed E-state index contributed by atoms with van der Waals surface area (Å²) in [6.45, 7) is 3.70. The molecule has 1 saturated carbocycles. The van der Waals surface area contributed by atoms with Crippen molar-refractivity contribution in [2.75, 3.05) is 13.1 Å². The predicted octanol–water partition coefficient (Wildman–Crippen LogP) is 1.23. The van der Waals surface area contributed by atoms with Crippen LogP contribution in [-0.4, -0.2) is 47.1 Å². The van der Waals surface area contributed by atoms with Gasteiger partial charge in [-0.2, -0.15) is 0 Å². The second-order valence-electron chi connectivity index (χ2n) is 5.91. The summed E-state index contributed by atoms with van der Waals surface area (Å²) in [5.41, 5.74) is 0. The Morgan fingerprint density at radius 1 is 1.37 bits per heavy atom. The van der Waals surface area contributed by atoms with Crippen LogP contribution in [0, 0.1) is 5.92 Å². The minimum atomic E-state index is -0.894. The number of hydrogen-bond acceptors (Lipinski definition) is 3. The zero-order chi connectivity index (χ0) is 13.8. The molecule has 5 nitrogen and oxygen atoms in total. The lowest BCUT2D eigenvalue weighted by Crippen LogP contribution is -2.59. The lowest BCUT2D eigenvalue weighted by Gasteiger charge is -2.39. The summed E-state index contributed by atoms with van der Waals surface area (Å²) >= 11 is 0. The number of carbonyl (C=O) groups is 2. The zero-order valence-corrected chi connectivity index (χ0v) is 11.6. The van der Waals surface area contributed by atoms with Crippen molar-refractivity contribution in [3.8, 4) is 0 Å². The molecule has 0 aromatic carbocycles. The molecule has 1 aliphatic carbocycles. The van der Waals surface area contributed by atoms with Crippen LogP contribution in [-0.2, 0) is 9.59 Å². The van der Waals surface area contributed by atoms with Crippen LogP contribution in [0.15, 0.2) is 0 Å². The smallest absolute Gasteiger partial charge is 0.305 e. The van der Waals surface area contributed by atoms with Crippen molar-refractivity contribution in [3.63, 3.8) is 0 Å². The fourth-order valence-corrected chi connectivity index (χ4v) is 3.34. The molecule has 108 valence electrons. The number of aliphatic carboxylic acids is 1. The third kappa shape index (κ3) is 3.69. The van der Waals surface area contributed by atoms with Crippen molar-refractivity contribution in [3.05, 3.63) is 0 Å². The molecule has 0 aromatic heterocycles. The van der Waals surface area contributed by atoms with E-state index in [0.717, 1.165) is 25.3 Å². The van der Waals surface area contributed by atoms with E-state index in [-0.39, 0.29) is 12.3 Å². The minimum Gasteiger partial charge on any atom is -0.481 e. The molecule has 1 amide bonds. The minimum absolute atomic E-state index is 0.0854. The molecule has 0 radical (unpaired) electrons. The van der Waals surface area contributed by atoms with Gasteiger partial charge in [0.2, 0.25) is 5.91 Å². The third-order valence-corrected chi connectivity index (χ3v) is 4.44. The van der Waals surface area contributed by atoms with Gasteiger partial charge in [0.1, 0.15) is 0 Å². The Hall–Kier alpha value is -1.10. The number of nitrogens with one attached hydrogen (secondary N) is 1. The molecule has 1 aliphatic heterocycles. The van der Waals surface area contributed by atoms with Gasteiger partial charge in [0.25, 0.3) is 0 Å². The van der Waals surface area contributed by atoms with Crippen LogP contribution in [0.1, 0.15) is 45.4 Å². The molecule has 3 unspecified atom stereocenters. The maximum Gasteiger partial charge on any atom is 0.305 e. The van der Waals surface area contributed by atoms with Gasteiger partial charge < -0.3 is 10.4 Å². The number of rotatable bonds is 3. The summed E-state index contributed by atoms with van der Waals surface area (Å²) in [5, 5.41) is 11.8. The summed E-state index contributed by atoms with van der Waals surface area (Å²) in [4.78, 5) is 25.0. The quantitative estimate of drug-likeness (QED) is 0.755. The van der Waals surface area contributed by atoms with Crippen LogP contribution in [0.4, 0.5) is 0 Å². The molecule has 0 spiro atoms. The van der Waals surface area contributed by atoms with Crippen molar-refractivity contribution < 1.29 is 14.7 Å². The number of carbonyl (C=O) groups excluding carboxylic acids is 1. The van der Waals surface area contributed by atoms with Crippen LogP contribution in [0.3, 0.4) is 0 Å². The second kappa shape index (κ2) is 6.37. The van der Waals surface area contributed by atoms with E-state index in [9.17, 15) is 9.59 Å². The summed E-state index contributed by atoms with van der Waals surface area (Å²) < 4.78 is 0. The lowest BCUT2D eigenvalue weighted by molar-refractivity contribution is -0.144. The van der Waals surface area contributed by atoms with Crippen LogP contribution >= 0.6 is 0 Å². The fraction of sp³-hybridized carbons (Fsp3) is 0.857. The molecule has 5 heteroatoms. The zero-order valence-electron chi connectivity index (χ0n) is 11.6. The molecule has 2 rings (SSSR count). The van der Waals surface area contributed by atoms with Crippen LogP contribution in [0.25, 0.3) is 0 Å². The first-order chi connectivity index (χ1) is 9.08. The highest BCUT2D eigenvalue weighted by atomic mass is 16.4. The van der Waals surface area contributed by atoms with Gasteiger partial charge in [-0.15, -0.1) is 0 Å². The first-order valence-corrected chi connectivity index (χ1v) is 7.33. The molecule has 3 atom stereocenters. The molecule has 19 heavy (non-hydrogen) atoms. The summed E-state index contributed by atoms with van der Waals surface area (Å²) in [5.74, 6) is -0.262. The first kappa shape index (κ1) is 14.3. The van der Waals surface area contributed by atoms with E-state index in [1.54, 1.807) is 0 Å². The number of hydrogen-bond donors (Lipinski definition) is 2. The highest BCUT2D eigenvalue weighted by Gasteiger charge is 2.36. The van der Waals surface area contributed by atoms with Gasteiger partial charge in [0.05, 0.1) is 12.5 Å². The van der Waals surface area contributed by atoms with Gasteiger partial charge in [-0.25, -0.2) is 0 Å². The molecular formula is C14H24N2O3. The molecule has 2 fully saturated rings. The standard InChI is InChI=1S/C14H24N2O3/c1-10-3-2-4-11(6-5-10)16-8-7-15-14(19)12(16)9-13(17)18/h10-12H,2-9H2,1H3,(H,15,19)(H,17,18). The number of amides is 1. The van der Waals surface area contributed by atoms with Crippen LogP contribution < -0.4 is 5.32 Å². The van der Waals surface area contributed by atoms with E-state index in [2.05, 4.69) is 17.1 Å². The Kier molecular flexibility index (Phi) is 4.80. The van der Waals surface area contributed by atoms with Crippen molar-refractivity contribution in [1.29, 1.82) is 0 Å². The Morgan fingerprint density at radius 3 is 2.89 bits per heavy atom. The average molecular weight is 268 g/mol. The molecule has 2 aliphatic rings. The van der Waals surface area contributed by atoms with Crippen molar-refractivity contribution in [1.82, 2.24) is 10.2 Å². The van der Waals surface area contributed by atoms with Gasteiger partial charge in [-0.1, -0.05) is 19.8 Å². The van der Waals surface area contributed by atoms with Crippen molar-refractivity contribution in [2.45, 2.75) is 57.5 Å². The van der Waals surface area contributed by atoms with E-state index in [1.165, 1.54) is 19.3 Å². The fourth-order valence-electron chi connectivity index (χ4n) is 3.34. The van der Waals surface area contributed by atoms with E-state index in [4.69, 9.17) is 5.11 Å². The maximum atomic E-state index is 11.9. The highest BCUT2D eigenvalue weighted by Crippen LogP contribution is 2.28. The summed E-state index contributed by atoms with van der Waals surface area (Å²) in [6, 6.07) is -0.106. The van der Waals surface area contributed by atoms with Crippen LogP contribution in [0.5, 0.6) is 0 Å². The Balaban J connectivity index is 2.05. The molecule has 1 saturated heterocycles.